The molecule has 5 nitrogen and oxygen atoms in total. The van der Waals surface area contributed by atoms with E-state index in [1.54, 1.807) is 23.1 Å². The van der Waals surface area contributed by atoms with Gasteiger partial charge >= 0.3 is 0 Å². The van der Waals surface area contributed by atoms with Crippen LogP contribution in [0.1, 0.15) is 39.5 Å². The maximum absolute atomic E-state index is 5.56. The molecule has 2 N–H and O–H groups in total. The fourth-order valence-corrected chi connectivity index (χ4v) is 3.40. The fourth-order valence-electron chi connectivity index (χ4n) is 1.77. The fraction of sp³-hybridized carbons (Fsp3) is 0.750. The van der Waals surface area contributed by atoms with E-state index in [1.165, 1.54) is 6.42 Å². The van der Waals surface area contributed by atoms with Crippen LogP contribution in [0.25, 0.3) is 0 Å². The number of unbranched alkanes of at least 4 members (excludes halogenated alkanes) is 1. The van der Waals surface area contributed by atoms with Gasteiger partial charge in [0.25, 0.3) is 0 Å². The third kappa shape index (κ3) is 11.4. The molecule has 0 amide bonds. The Balaban J connectivity index is 2.07. The number of thiazole rings is 1. The first-order valence-corrected chi connectivity index (χ1v) is 10.4. The van der Waals surface area contributed by atoms with Gasteiger partial charge in [0.2, 0.25) is 0 Å². The van der Waals surface area contributed by atoms with Crippen LogP contribution >= 0.6 is 23.1 Å². The Morgan fingerprint density at radius 3 is 2.87 bits per heavy atom. The van der Waals surface area contributed by atoms with Crippen molar-refractivity contribution in [3.8, 4) is 0 Å². The second kappa shape index (κ2) is 14.8. The molecule has 0 spiro atoms. The van der Waals surface area contributed by atoms with E-state index in [4.69, 9.17) is 4.74 Å². The smallest absolute Gasteiger partial charge is 0.191 e. The molecule has 1 rings (SSSR count). The second-order valence-corrected chi connectivity index (χ2v) is 7.24. The van der Waals surface area contributed by atoms with Crippen LogP contribution in [0.4, 0.5) is 0 Å². The summed E-state index contributed by atoms with van der Waals surface area (Å²) in [7, 11) is 0. The quantitative estimate of drug-likeness (QED) is 0.245. The van der Waals surface area contributed by atoms with Crippen molar-refractivity contribution in [2.45, 2.75) is 43.9 Å². The van der Waals surface area contributed by atoms with Crippen LogP contribution in [0.2, 0.25) is 0 Å². The molecule has 0 aliphatic heterocycles. The molecule has 7 heteroatoms. The number of nitrogens with one attached hydrogen (secondary N) is 2. The molecular formula is C16H30N4OS2. The number of nitrogens with zero attached hydrogens (tertiary/aromatic N) is 2. The lowest BCUT2D eigenvalue weighted by Gasteiger charge is -2.11. The summed E-state index contributed by atoms with van der Waals surface area (Å²) >= 11 is 3.50. The largest absolute Gasteiger partial charge is 0.381 e. The van der Waals surface area contributed by atoms with Gasteiger partial charge in [-0.25, -0.2) is 4.98 Å². The number of hydrogen-bond acceptors (Lipinski definition) is 5. The number of rotatable bonds is 13. The molecule has 0 unspecified atom stereocenters. The van der Waals surface area contributed by atoms with Crippen molar-refractivity contribution in [3.05, 3.63) is 11.6 Å². The number of hydrogen-bond donors (Lipinski definition) is 2. The Morgan fingerprint density at radius 1 is 1.26 bits per heavy atom. The minimum absolute atomic E-state index is 0.816. The van der Waals surface area contributed by atoms with Crippen LogP contribution in [0.3, 0.4) is 0 Å². The van der Waals surface area contributed by atoms with Gasteiger partial charge in [-0.2, -0.15) is 0 Å². The predicted octanol–water partition coefficient (Wildman–Crippen LogP) is 3.39. The van der Waals surface area contributed by atoms with Gasteiger partial charge in [0.15, 0.2) is 5.96 Å². The van der Waals surface area contributed by atoms with Crippen LogP contribution in [-0.2, 0) is 4.74 Å². The Labute approximate surface area is 148 Å². The predicted molar refractivity (Wildman–Crippen MR) is 102 cm³/mol. The van der Waals surface area contributed by atoms with Crippen LogP contribution < -0.4 is 10.6 Å². The summed E-state index contributed by atoms with van der Waals surface area (Å²) in [5, 5.41) is 8.65. The highest BCUT2D eigenvalue weighted by Gasteiger charge is 1.98. The number of aromatic nitrogens is 1. The summed E-state index contributed by atoms with van der Waals surface area (Å²) < 4.78 is 6.70. The highest BCUT2D eigenvalue weighted by molar-refractivity contribution is 8.00. The van der Waals surface area contributed by atoms with E-state index in [1.807, 2.05) is 11.6 Å². The Kier molecular flexibility index (Phi) is 13.0. The van der Waals surface area contributed by atoms with Gasteiger partial charge in [0.05, 0.1) is 0 Å². The Hall–Kier alpha value is -0.790. The molecular weight excluding hydrogens is 328 g/mol. The monoisotopic (exact) mass is 358 g/mol. The number of aliphatic imine (C=N–C) groups is 1. The number of ether oxygens (including phenoxy) is 1. The minimum Gasteiger partial charge on any atom is -0.381 e. The van der Waals surface area contributed by atoms with Crippen molar-refractivity contribution in [1.29, 1.82) is 0 Å². The molecule has 0 aliphatic rings. The summed E-state index contributed by atoms with van der Waals surface area (Å²) in [6, 6.07) is 0. The summed E-state index contributed by atoms with van der Waals surface area (Å²) in [5.41, 5.74) is 0. The van der Waals surface area contributed by atoms with Crippen molar-refractivity contribution in [1.82, 2.24) is 15.6 Å². The highest BCUT2D eigenvalue weighted by atomic mass is 32.2. The topological polar surface area (TPSA) is 58.5 Å². The molecule has 1 heterocycles. The van der Waals surface area contributed by atoms with Crippen LogP contribution in [0.15, 0.2) is 20.9 Å². The zero-order valence-corrected chi connectivity index (χ0v) is 16.0. The molecule has 0 aliphatic carbocycles. The molecule has 0 fully saturated rings. The Bertz CT molecular complexity index is 399. The summed E-state index contributed by atoms with van der Waals surface area (Å²) in [5.74, 6) is 1.96. The Morgan fingerprint density at radius 2 is 2.13 bits per heavy atom. The van der Waals surface area contributed by atoms with Gasteiger partial charge in [-0.3, -0.25) is 4.99 Å². The van der Waals surface area contributed by atoms with Gasteiger partial charge in [0.1, 0.15) is 4.34 Å². The summed E-state index contributed by atoms with van der Waals surface area (Å²) in [6.07, 6.45) is 6.26. The lowest BCUT2D eigenvalue weighted by atomic mass is 10.4. The lowest BCUT2D eigenvalue weighted by Crippen LogP contribution is -2.38. The molecule has 0 bridgehead atoms. The number of thioether (sulfide) groups is 1. The van der Waals surface area contributed by atoms with E-state index in [9.17, 15) is 0 Å². The molecule has 132 valence electrons. The molecule has 0 saturated heterocycles. The molecule has 0 aromatic carbocycles. The van der Waals surface area contributed by atoms with Crippen molar-refractivity contribution in [2.24, 2.45) is 4.99 Å². The minimum atomic E-state index is 0.816. The van der Waals surface area contributed by atoms with Gasteiger partial charge < -0.3 is 15.4 Å². The van der Waals surface area contributed by atoms with Crippen molar-refractivity contribution >= 4 is 29.1 Å². The molecule has 23 heavy (non-hydrogen) atoms. The van der Waals surface area contributed by atoms with Gasteiger partial charge in [-0.1, -0.05) is 25.1 Å². The third-order valence-electron chi connectivity index (χ3n) is 2.95. The first-order valence-electron chi connectivity index (χ1n) is 8.49. The average molecular weight is 359 g/mol. The maximum Gasteiger partial charge on any atom is 0.191 e. The SMILES string of the molecule is CCCCOCCCNC(=NCCCSc1nccs1)NCC. The van der Waals surface area contributed by atoms with E-state index >= 15 is 0 Å². The standard InChI is InChI=1S/C16H30N4OS2/c1-3-5-11-21-12-6-8-18-15(17-4-2)19-9-7-13-22-16-20-10-14-23-16/h10,14H,3-9,11-13H2,1-2H3,(H2,17,18,19). The normalized spacial score (nSPS) is 11.7. The highest BCUT2D eigenvalue weighted by Crippen LogP contribution is 2.20. The zero-order chi connectivity index (χ0) is 16.6. The van der Waals surface area contributed by atoms with Crippen LogP contribution in [0, 0.1) is 0 Å². The van der Waals surface area contributed by atoms with E-state index in [0.29, 0.717) is 0 Å². The van der Waals surface area contributed by atoms with E-state index in [0.717, 1.165) is 68.2 Å². The van der Waals surface area contributed by atoms with Crippen LogP contribution in [-0.4, -0.2) is 49.5 Å². The van der Waals surface area contributed by atoms with Crippen molar-refractivity contribution < 1.29 is 4.74 Å². The van der Waals surface area contributed by atoms with Gasteiger partial charge in [-0.05, 0) is 26.2 Å². The van der Waals surface area contributed by atoms with E-state index < -0.39 is 0 Å². The molecule has 1 aromatic rings. The molecule has 1 aromatic heterocycles. The first-order chi connectivity index (χ1) is 11.4. The van der Waals surface area contributed by atoms with Crippen molar-refractivity contribution in [3.63, 3.8) is 0 Å². The summed E-state index contributed by atoms with van der Waals surface area (Å²) in [4.78, 5) is 8.87. The van der Waals surface area contributed by atoms with Gasteiger partial charge in [0, 0.05) is 50.2 Å². The molecule has 0 radical (unpaired) electrons. The number of guanidine groups is 1. The lowest BCUT2D eigenvalue weighted by molar-refractivity contribution is 0.129. The maximum atomic E-state index is 5.56. The second-order valence-electron chi connectivity index (χ2n) is 5.01. The third-order valence-corrected chi connectivity index (χ3v) is 5.00. The molecule has 0 atom stereocenters. The van der Waals surface area contributed by atoms with E-state index in [2.05, 4.69) is 34.5 Å². The van der Waals surface area contributed by atoms with Crippen molar-refractivity contribution in [2.75, 3.05) is 38.6 Å². The average Bonchev–Trinajstić information content (AvgIpc) is 3.07. The summed E-state index contributed by atoms with van der Waals surface area (Å²) in [6.45, 7) is 8.57. The molecule has 0 saturated carbocycles. The van der Waals surface area contributed by atoms with E-state index in [-0.39, 0.29) is 0 Å². The van der Waals surface area contributed by atoms with Crippen LogP contribution in [0.5, 0.6) is 0 Å². The zero-order valence-electron chi connectivity index (χ0n) is 14.3. The van der Waals surface area contributed by atoms with Gasteiger partial charge in [-0.15, -0.1) is 11.3 Å². The first kappa shape index (κ1) is 20.3.